The van der Waals surface area contributed by atoms with Crippen LogP contribution in [0.15, 0.2) is 47.4 Å². The van der Waals surface area contributed by atoms with E-state index in [1.165, 1.54) is 30.5 Å². The smallest absolute Gasteiger partial charge is 0.246 e. The third-order valence-electron chi connectivity index (χ3n) is 8.56. The molecule has 1 spiro atoms. The van der Waals surface area contributed by atoms with Gasteiger partial charge in [-0.2, -0.15) is 0 Å². The minimum atomic E-state index is -3.27. The molecule has 0 aliphatic carbocycles. The van der Waals surface area contributed by atoms with Crippen LogP contribution in [0.2, 0.25) is 0 Å². The SMILES string of the molecule is CS(=O)(=O)c1ccc2c(c1)C1(CCN(CC(O)C3CCN(C(=O)C=Cc4cc(F)cc(F)c4)CC3)CC1)CN2. The Balaban J connectivity index is 1.11. The van der Waals surface area contributed by atoms with Crippen molar-refractivity contribution in [3.8, 4) is 0 Å². The summed E-state index contributed by atoms with van der Waals surface area (Å²) >= 11 is 0. The van der Waals surface area contributed by atoms with E-state index in [0.29, 0.717) is 42.9 Å². The molecule has 10 heteroatoms. The van der Waals surface area contributed by atoms with Crippen LogP contribution in [0.25, 0.3) is 6.08 Å². The molecule has 0 bridgehead atoms. The van der Waals surface area contributed by atoms with E-state index in [1.807, 2.05) is 12.1 Å². The highest BCUT2D eigenvalue weighted by atomic mass is 32.2. The van der Waals surface area contributed by atoms with Crippen molar-refractivity contribution in [2.75, 3.05) is 50.8 Å². The monoisotopic (exact) mass is 559 g/mol. The number of aliphatic hydroxyl groups excluding tert-OH is 1. The second kappa shape index (κ2) is 11.0. The number of rotatable bonds is 6. The van der Waals surface area contributed by atoms with Crippen molar-refractivity contribution in [2.24, 2.45) is 5.92 Å². The number of nitrogens with zero attached hydrogens (tertiary/aromatic N) is 2. The van der Waals surface area contributed by atoms with Crippen LogP contribution in [0, 0.1) is 17.6 Å². The van der Waals surface area contributed by atoms with Crippen molar-refractivity contribution in [3.05, 3.63) is 65.2 Å². The number of β-amino-alcohol motifs (C(OH)–C–C–N with tert-alkyl or cyclic N) is 1. The van der Waals surface area contributed by atoms with Gasteiger partial charge in [0, 0.05) is 55.7 Å². The zero-order chi connectivity index (χ0) is 27.8. The van der Waals surface area contributed by atoms with Gasteiger partial charge in [0.05, 0.1) is 11.0 Å². The van der Waals surface area contributed by atoms with E-state index in [2.05, 4.69) is 10.2 Å². The van der Waals surface area contributed by atoms with Crippen LogP contribution in [0.5, 0.6) is 0 Å². The van der Waals surface area contributed by atoms with Gasteiger partial charge in [0.15, 0.2) is 9.84 Å². The normalized spacial score (nSPS) is 20.8. The third-order valence-corrected chi connectivity index (χ3v) is 9.68. The first-order valence-electron chi connectivity index (χ1n) is 13.4. The highest BCUT2D eigenvalue weighted by molar-refractivity contribution is 7.90. The largest absolute Gasteiger partial charge is 0.392 e. The van der Waals surface area contributed by atoms with Gasteiger partial charge < -0.3 is 20.2 Å². The summed E-state index contributed by atoms with van der Waals surface area (Å²) in [4.78, 5) is 16.9. The second-order valence-electron chi connectivity index (χ2n) is 11.2. The van der Waals surface area contributed by atoms with Crippen LogP contribution in [-0.4, -0.2) is 80.9 Å². The van der Waals surface area contributed by atoms with Gasteiger partial charge in [-0.05, 0) is 92.2 Å². The maximum absolute atomic E-state index is 13.4. The highest BCUT2D eigenvalue weighted by Crippen LogP contribution is 2.45. The zero-order valence-corrected chi connectivity index (χ0v) is 22.9. The number of piperidine rings is 2. The predicted octanol–water partition coefficient (Wildman–Crippen LogP) is 3.44. The summed E-state index contributed by atoms with van der Waals surface area (Å²) in [6.45, 7) is 4.06. The van der Waals surface area contributed by atoms with Gasteiger partial charge in [-0.3, -0.25) is 4.79 Å². The molecule has 2 aromatic rings. The summed E-state index contributed by atoms with van der Waals surface area (Å²) < 4.78 is 50.9. The summed E-state index contributed by atoms with van der Waals surface area (Å²) in [5.41, 5.74) is 2.30. The van der Waals surface area contributed by atoms with Gasteiger partial charge in [-0.15, -0.1) is 0 Å². The third kappa shape index (κ3) is 6.18. The van der Waals surface area contributed by atoms with Crippen LogP contribution in [0.3, 0.4) is 0 Å². The molecule has 210 valence electrons. The first-order chi connectivity index (χ1) is 18.5. The number of benzene rings is 2. The number of carbonyl (C=O) groups excluding carboxylic acids is 1. The minimum absolute atomic E-state index is 0.0893. The Labute approximate surface area is 228 Å². The van der Waals surface area contributed by atoms with Crippen molar-refractivity contribution in [1.82, 2.24) is 9.80 Å². The lowest BCUT2D eigenvalue weighted by atomic mass is 9.74. The molecule has 2 aromatic carbocycles. The number of aliphatic hydroxyl groups is 1. The zero-order valence-electron chi connectivity index (χ0n) is 22.1. The van der Waals surface area contributed by atoms with E-state index in [1.54, 1.807) is 11.0 Å². The number of amides is 1. The number of hydrogen-bond donors (Lipinski definition) is 2. The number of likely N-dealkylation sites (tertiary alicyclic amines) is 2. The van der Waals surface area contributed by atoms with Crippen molar-refractivity contribution in [3.63, 3.8) is 0 Å². The molecule has 3 aliphatic rings. The summed E-state index contributed by atoms with van der Waals surface area (Å²) in [6, 6.07) is 8.49. The number of carbonyl (C=O) groups is 1. The molecule has 0 radical (unpaired) electrons. The molecule has 2 fully saturated rings. The van der Waals surface area contributed by atoms with Crippen LogP contribution >= 0.6 is 0 Å². The van der Waals surface area contributed by atoms with E-state index in [0.717, 1.165) is 49.8 Å². The molecule has 39 heavy (non-hydrogen) atoms. The summed E-state index contributed by atoms with van der Waals surface area (Å²) in [7, 11) is -3.27. The Morgan fingerprint density at radius 2 is 1.77 bits per heavy atom. The fourth-order valence-corrected chi connectivity index (χ4v) is 6.83. The second-order valence-corrected chi connectivity index (χ2v) is 13.2. The fraction of sp³-hybridized carbons (Fsp3) is 0.483. The number of nitrogens with one attached hydrogen (secondary N) is 1. The maximum atomic E-state index is 13.4. The average molecular weight is 560 g/mol. The van der Waals surface area contributed by atoms with Crippen LogP contribution in [0.4, 0.5) is 14.5 Å². The fourth-order valence-electron chi connectivity index (χ4n) is 6.18. The lowest BCUT2D eigenvalue weighted by Gasteiger charge is -2.41. The Kier molecular flexibility index (Phi) is 7.81. The van der Waals surface area contributed by atoms with Gasteiger partial charge >= 0.3 is 0 Å². The first-order valence-corrected chi connectivity index (χ1v) is 15.3. The van der Waals surface area contributed by atoms with Crippen molar-refractivity contribution in [1.29, 1.82) is 0 Å². The standard InChI is InChI=1S/C29H35F2N3O4S/c1-39(37,38)24-3-4-26-25(17-24)29(19-32-26)8-12-33(13-9-29)18-27(35)21-6-10-34(11-7-21)28(36)5-2-20-14-22(30)16-23(31)15-20/h2-5,14-17,21,27,32,35H,6-13,18-19H2,1H3. The number of halogens is 2. The maximum Gasteiger partial charge on any atom is 0.246 e. The molecule has 7 nitrogen and oxygen atoms in total. The van der Waals surface area contributed by atoms with Crippen LogP contribution in [-0.2, 0) is 20.0 Å². The molecule has 2 saturated heterocycles. The molecule has 1 atom stereocenters. The molecule has 3 heterocycles. The van der Waals surface area contributed by atoms with Gasteiger partial charge in [-0.1, -0.05) is 0 Å². The average Bonchev–Trinajstić information content (AvgIpc) is 3.25. The van der Waals surface area contributed by atoms with E-state index in [9.17, 15) is 27.1 Å². The molecular formula is C29H35F2N3O4S. The molecule has 1 unspecified atom stereocenters. The topological polar surface area (TPSA) is 90.0 Å². The van der Waals surface area contributed by atoms with Gasteiger partial charge in [0.1, 0.15) is 11.6 Å². The number of hydrogen-bond acceptors (Lipinski definition) is 6. The molecule has 3 aliphatic heterocycles. The number of anilines is 1. The van der Waals surface area contributed by atoms with E-state index < -0.39 is 27.6 Å². The molecule has 0 saturated carbocycles. The Bertz CT molecular complexity index is 1340. The lowest BCUT2D eigenvalue weighted by molar-refractivity contribution is -0.128. The Morgan fingerprint density at radius 3 is 2.41 bits per heavy atom. The lowest BCUT2D eigenvalue weighted by Crippen LogP contribution is -2.48. The van der Waals surface area contributed by atoms with E-state index >= 15 is 0 Å². The van der Waals surface area contributed by atoms with E-state index in [-0.39, 0.29) is 17.2 Å². The van der Waals surface area contributed by atoms with E-state index in [4.69, 9.17) is 0 Å². The quantitative estimate of drug-likeness (QED) is 0.528. The summed E-state index contributed by atoms with van der Waals surface area (Å²) in [5.74, 6) is -1.49. The summed E-state index contributed by atoms with van der Waals surface area (Å²) in [5, 5.41) is 14.4. The highest BCUT2D eigenvalue weighted by Gasteiger charge is 2.42. The number of fused-ring (bicyclic) bond motifs is 2. The Hall–Kier alpha value is -2.82. The summed E-state index contributed by atoms with van der Waals surface area (Å²) in [6.07, 6.45) is 6.66. The van der Waals surface area contributed by atoms with Crippen LogP contribution in [0.1, 0.15) is 36.8 Å². The van der Waals surface area contributed by atoms with Crippen molar-refractivity contribution >= 4 is 27.5 Å². The first kappa shape index (κ1) is 27.7. The minimum Gasteiger partial charge on any atom is -0.392 e. The molecular weight excluding hydrogens is 524 g/mol. The molecule has 5 rings (SSSR count). The molecule has 2 N–H and O–H groups in total. The van der Waals surface area contributed by atoms with Crippen LogP contribution < -0.4 is 5.32 Å². The molecule has 1 amide bonds. The predicted molar refractivity (Wildman–Crippen MR) is 146 cm³/mol. The van der Waals surface area contributed by atoms with Gasteiger partial charge in [0.2, 0.25) is 5.91 Å². The van der Waals surface area contributed by atoms with Gasteiger partial charge in [0.25, 0.3) is 0 Å². The van der Waals surface area contributed by atoms with Gasteiger partial charge in [-0.25, -0.2) is 17.2 Å². The number of sulfone groups is 1. The Morgan fingerprint density at radius 1 is 1.10 bits per heavy atom. The van der Waals surface area contributed by atoms with Crippen molar-refractivity contribution in [2.45, 2.75) is 42.1 Å². The molecule has 0 aromatic heterocycles. The van der Waals surface area contributed by atoms with Crippen molar-refractivity contribution < 1.29 is 27.1 Å².